The van der Waals surface area contributed by atoms with E-state index in [1.54, 1.807) is 12.1 Å². The van der Waals surface area contributed by atoms with Crippen molar-refractivity contribution in [2.45, 2.75) is 46.1 Å². The Bertz CT molecular complexity index is 486. The number of rotatable bonds is 6. The second kappa shape index (κ2) is 7.65. The second-order valence-corrected chi connectivity index (χ2v) is 4.95. The van der Waals surface area contributed by atoms with Gasteiger partial charge in [0.25, 0.3) is 0 Å². The summed E-state index contributed by atoms with van der Waals surface area (Å²) >= 11 is 0. The van der Waals surface area contributed by atoms with Crippen LogP contribution in [0.4, 0.5) is 11.4 Å². The van der Waals surface area contributed by atoms with Crippen molar-refractivity contribution in [3.63, 3.8) is 0 Å². The third-order valence-corrected chi connectivity index (χ3v) is 3.02. The van der Waals surface area contributed by atoms with Crippen LogP contribution in [0.2, 0.25) is 0 Å². The van der Waals surface area contributed by atoms with E-state index in [0.29, 0.717) is 17.8 Å². The molecule has 1 aromatic rings. The maximum atomic E-state index is 11.9. The molecule has 0 saturated carbocycles. The van der Waals surface area contributed by atoms with Gasteiger partial charge in [-0.15, -0.1) is 0 Å². The highest BCUT2D eigenvalue weighted by molar-refractivity contribution is 5.96. The van der Waals surface area contributed by atoms with E-state index in [1.165, 1.54) is 6.92 Å². The third-order valence-electron chi connectivity index (χ3n) is 3.02. The smallest absolute Gasteiger partial charge is 0.241 e. The molecule has 0 fully saturated rings. The minimum atomic E-state index is -0.500. The SMILES string of the molecule is CCCC[C@H](N)C(=O)Nc1ccc(C)c(NC(C)=O)c1. The minimum Gasteiger partial charge on any atom is -0.326 e. The lowest BCUT2D eigenvalue weighted by molar-refractivity contribution is -0.117. The summed E-state index contributed by atoms with van der Waals surface area (Å²) < 4.78 is 0. The lowest BCUT2D eigenvalue weighted by Gasteiger charge is -2.13. The molecule has 0 unspecified atom stereocenters. The molecule has 0 saturated heterocycles. The molecule has 0 bridgehead atoms. The van der Waals surface area contributed by atoms with Crippen LogP contribution >= 0.6 is 0 Å². The number of carbonyl (C=O) groups is 2. The molecular weight excluding hydrogens is 254 g/mol. The first-order valence-corrected chi connectivity index (χ1v) is 6.88. The first-order valence-electron chi connectivity index (χ1n) is 6.88. The van der Waals surface area contributed by atoms with Crippen LogP contribution in [0.25, 0.3) is 0 Å². The van der Waals surface area contributed by atoms with Crippen molar-refractivity contribution in [1.82, 2.24) is 0 Å². The quantitative estimate of drug-likeness (QED) is 0.746. The molecule has 2 amide bonds. The minimum absolute atomic E-state index is 0.142. The van der Waals surface area contributed by atoms with Crippen LogP contribution in [-0.2, 0) is 9.59 Å². The van der Waals surface area contributed by atoms with Gasteiger partial charge in [-0.1, -0.05) is 25.8 Å². The largest absolute Gasteiger partial charge is 0.326 e. The third kappa shape index (κ3) is 5.01. The van der Waals surface area contributed by atoms with Gasteiger partial charge in [0.05, 0.1) is 6.04 Å². The Kier molecular flexibility index (Phi) is 6.18. The normalized spacial score (nSPS) is 11.8. The van der Waals surface area contributed by atoms with Crippen LogP contribution < -0.4 is 16.4 Å². The van der Waals surface area contributed by atoms with E-state index >= 15 is 0 Å². The summed E-state index contributed by atoms with van der Waals surface area (Å²) in [4.78, 5) is 23.0. The van der Waals surface area contributed by atoms with Crippen molar-refractivity contribution in [2.24, 2.45) is 5.73 Å². The number of nitrogens with one attached hydrogen (secondary N) is 2. The summed E-state index contributed by atoms with van der Waals surface area (Å²) in [7, 11) is 0. The Morgan fingerprint density at radius 1 is 1.30 bits per heavy atom. The predicted molar refractivity (Wildman–Crippen MR) is 81.6 cm³/mol. The maximum Gasteiger partial charge on any atom is 0.241 e. The van der Waals surface area contributed by atoms with E-state index in [1.807, 2.05) is 13.0 Å². The van der Waals surface area contributed by atoms with Gasteiger partial charge >= 0.3 is 0 Å². The first-order chi connectivity index (χ1) is 9.43. The Balaban J connectivity index is 2.72. The number of benzene rings is 1. The topological polar surface area (TPSA) is 84.2 Å². The Labute approximate surface area is 119 Å². The monoisotopic (exact) mass is 277 g/mol. The van der Waals surface area contributed by atoms with Crippen molar-refractivity contribution < 1.29 is 9.59 Å². The van der Waals surface area contributed by atoms with Gasteiger partial charge in [0, 0.05) is 18.3 Å². The van der Waals surface area contributed by atoms with Crippen molar-refractivity contribution in [3.05, 3.63) is 23.8 Å². The van der Waals surface area contributed by atoms with Gasteiger partial charge in [0.2, 0.25) is 11.8 Å². The summed E-state index contributed by atoms with van der Waals surface area (Å²) in [5.74, 6) is -0.340. The van der Waals surface area contributed by atoms with Crippen molar-refractivity contribution >= 4 is 23.2 Å². The average molecular weight is 277 g/mol. The number of amides is 2. The number of aryl methyl sites for hydroxylation is 1. The zero-order valence-electron chi connectivity index (χ0n) is 12.3. The highest BCUT2D eigenvalue weighted by Crippen LogP contribution is 2.20. The van der Waals surface area contributed by atoms with Crippen LogP contribution in [0, 0.1) is 6.92 Å². The summed E-state index contributed by atoms with van der Waals surface area (Å²) in [5.41, 5.74) is 8.08. The van der Waals surface area contributed by atoms with E-state index in [2.05, 4.69) is 17.6 Å². The van der Waals surface area contributed by atoms with Gasteiger partial charge in [-0.3, -0.25) is 9.59 Å². The zero-order valence-corrected chi connectivity index (χ0v) is 12.3. The van der Waals surface area contributed by atoms with Crippen molar-refractivity contribution in [3.8, 4) is 0 Å². The lowest BCUT2D eigenvalue weighted by atomic mass is 10.1. The number of nitrogens with two attached hydrogens (primary N) is 1. The molecule has 5 nitrogen and oxygen atoms in total. The molecule has 4 N–H and O–H groups in total. The highest BCUT2D eigenvalue weighted by atomic mass is 16.2. The van der Waals surface area contributed by atoms with E-state index in [0.717, 1.165) is 18.4 Å². The number of unbranched alkanes of at least 4 members (excludes halogenated alkanes) is 1. The Morgan fingerprint density at radius 2 is 2.00 bits per heavy atom. The molecule has 0 radical (unpaired) electrons. The fourth-order valence-corrected chi connectivity index (χ4v) is 1.81. The predicted octanol–water partition coefficient (Wildman–Crippen LogP) is 2.41. The van der Waals surface area contributed by atoms with Gasteiger partial charge in [-0.2, -0.15) is 0 Å². The van der Waals surface area contributed by atoms with Crippen LogP contribution in [0.1, 0.15) is 38.7 Å². The van der Waals surface area contributed by atoms with E-state index in [9.17, 15) is 9.59 Å². The van der Waals surface area contributed by atoms with Gasteiger partial charge < -0.3 is 16.4 Å². The lowest BCUT2D eigenvalue weighted by Crippen LogP contribution is -2.35. The van der Waals surface area contributed by atoms with E-state index < -0.39 is 6.04 Å². The summed E-state index contributed by atoms with van der Waals surface area (Å²) in [6, 6.07) is 4.88. The van der Waals surface area contributed by atoms with Gasteiger partial charge in [-0.25, -0.2) is 0 Å². The van der Waals surface area contributed by atoms with Crippen molar-refractivity contribution in [2.75, 3.05) is 10.6 Å². The number of carbonyl (C=O) groups excluding carboxylic acids is 2. The summed E-state index contributed by atoms with van der Waals surface area (Å²) in [6.07, 6.45) is 2.62. The van der Waals surface area contributed by atoms with Gasteiger partial charge in [0.15, 0.2) is 0 Å². The Hall–Kier alpha value is -1.88. The number of anilines is 2. The molecule has 20 heavy (non-hydrogen) atoms. The van der Waals surface area contributed by atoms with Gasteiger partial charge in [-0.05, 0) is 31.0 Å². The molecule has 0 aromatic heterocycles. The second-order valence-electron chi connectivity index (χ2n) is 4.95. The van der Waals surface area contributed by atoms with Crippen LogP contribution in [-0.4, -0.2) is 17.9 Å². The van der Waals surface area contributed by atoms with E-state index in [4.69, 9.17) is 5.73 Å². The molecule has 0 spiro atoms. The average Bonchev–Trinajstić information content (AvgIpc) is 2.39. The number of hydrogen-bond acceptors (Lipinski definition) is 3. The van der Waals surface area contributed by atoms with E-state index in [-0.39, 0.29) is 11.8 Å². The fourth-order valence-electron chi connectivity index (χ4n) is 1.81. The summed E-state index contributed by atoms with van der Waals surface area (Å²) in [6.45, 7) is 5.40. The molecule has 5 heteroatoms. The Morgan fingerprint density at radius 3 is 2.60 bits per heavy atom. The highest BCUT2D eigenvalue weighted by Gasteiger charge is 2.13. The molecule has 0 aliphatic rings. The standard InChI is InChI=1S/C15H23N3O2/c1-4-5-6-13(16)15(20)18-12-8-7-10(2)14(9-12)17-11(3)19/h7-9,13H,4-6,16H2,1-3H3,(H,17,19)(H,18,20)/t13-/m0/s1. The maximum absolute atomic E-state index is 11.9. The van der Waals surface area contributed by atoms with Crippen molar-refractivity contribution in [1.29, 1.82) is 0 Å². The fraction of sp³-hybridized carbons (Fsp3) is 0.467. The van der Waals surface area contributed by atoms with Gasteiger partial charge in [0.1, 0.15) is 0 Å². The number of hydrogen-bond donors (Lipinski definition) is 3. The molecular formula is C15H23N3O2. The van der Waals surface area contributed by atoms with Crippen LogP contribution in [0.5, 0.6) is 0 Å². The molecule has 0 heterocycles. The molecule has 1 atom stereocenters. The summed E-state index contributed by atoms with van der Waals surface area (Å²) in [5, 5.41) is 5.50. The molecule has 0 aliphatic carbocycles. The molecule has 1 rings (SSSR count). The molecule has 1 aromatic carbocycles. The van der Waals surface area contributed by atoms with Crippen LogP contribution in [0.3, 0.4) is 0 Å². The van der Waals surface area contributed by atoms with Crippen LogP contribution in [0.15, 0.2) is 18.2 Å². The zero-order chi connectivity index (χ0) is 15.1. The first kappa shape index (κ1) is 16.2. The molecule has 110 valence electrons. The molecule has 0 aliphatic heterocycles.